The van der Waals surface area contributed by atoms with Crippen molar-refractivity contribution < 1.29 is 32.8 Å². The first-order chi connectivity index (χ1) is 25.8. The van der Waals surface area contributed by atoms with Crippen molar-refractivity contribution in [3.05, 3.63) is 130 Å². The van der Waals surface area contributed by atoms with Crippen LogP contribution in [0.4, 0.5) is 4.39 Å². The Morgan fingerprint density at radius 1 is 0.660 bits per heavy atom. The van der Waals surface area contributed by atoms with E-state index >= 15 is 0 Å². The molecule has 9 rings (SSSR count). The second-order valence-electron chi connectivity index (χ2n) is 14.2. The summed E-state index contributed by atoms with van der Waals surface area (Å²) in [5.41, 5.74) is 7.70. The van der Waals surface area contributed by atoms with Crippen LogP contribution in [-0.2, 0) is 32.3 Å². The third-order valence-corrected chi connectivity index (χ3v) is 10.9. The Hall–Kier alpha value is -5.25. The van der Waals surface area contributed by atoms with Crippen LogP contribution >= 0.6 is 0 Å². The summed E-state index contributed by atoms with van der Waals surface area (Å²) in [6.45, 7) is 1.97. The van der Waals surface area contributed by atoms with Gasteiger partial charge in [-0.1, -0.05) is 30.3 Å². The monoisotopic (exact) mass is 716 g/mol. The molecule has 0 unspecified atom stereocenters. The van der Waals surface area contributed by atoms with Crippen molar-refractivity contribution in [1.29, 1.82) is 0 Å². The zero-order valence-electron chi connectivity index (χ0n) is 30.9. The van der Waals surface area contributed by atoms with Gasteiger partial charge in [0.2, 0.25) is 5.75 Å². The molecule has 274 valence electrons. The molecule has 6 bridgehead atoms. The molecule has 0 radical (unpaired) electrons. The summed E-state index contributed by atoms with van der Waals surface area (Å²) in [4.78, 5) is 4.77. The molecule has 4 aliphatic heterocycles. The molecule has 8 nitrogen and oxygen atoms in total. The summed E-state index contributed by atoms with van der Waals surface area (Å²) < 4.78 is 52.0. The smallest absolute Gasteiger partial charge is 0.204 e. The quantitative estimate of drug-likeness (QED) is 0.173. The van der Waals surface area contributed by atoms with Crippen LogP contribution in [0.3, 0.4) is 0 Å². The fraction of sp³-hybridized carbons (Fsp3) is 0.318. The van der Waals surface area contributed by atoms with Crippen LogP contribution in [0.2, 0.25) is 0 Å². The highest BCUT2D eigenvalue weighted by atomic mass is 19.1. The van der Waals surface area contributed by atoms with Crippen molar-refractivity contribution in [2.45, 2.75) is 44.4 Å². The van der Waals surface area contributed by atoms with Gasteiger partial charge in [0, 0.05) is 30.7 Å². The van der Waals surface area contributed by atoms with Crippen molar-refractivity contribution >= 4 is 0 Å². The van der Waals surface area contributed by atoms with Gasteiger partial charge < -0.3 is 28.4 Å². The molecule has 53 heavy (non-hydrogen) atoms. The van der Waals surface area contributed by atoms with E-state index in [0.717, 1.165) is 60.4 Å². The topological polar surface area (TPSA) is 61.9 Å². The molecule has 0 saturated heterocycles. The number of hydrogen-bond donors (Lipinski definition) is 0. The first kappa shape index (κ1) is 34.8. The molecule has 0 spiro atoms. The second kappa shape index (κ2) is 14.6. The maximum absolute atomic E-state index is 13.8. The molecule has 4 heterocycles. The first-order valence-corrected chi connectivity index (χ1v) is 18.2. The average Bonchev–Trinajstić information content (AvgIpc) is 3.17. The fourth-order valence-corrected chi connectivity index (χ4v) is 7.95. The number of halogens is 1. The van der Waals surface area contributed by atoms with Gasteiger partial charge in [-0.2, -0.15) is 0 Å². The lowest BCUT2D eigenvalue weighted by molar-refractivity contribution is 0.216. The van der Waals surface area contributed by atoms with Crippen LogP contribution in [0.25, 0.3) is 0 Å². The van der Waals surface area contributed by atoms with E-state index < -0.39 is 0 Å². The Labute approximate surface area is 310 Å². The molecule has 0 saturated carbocycles. The molecular weight excluding hydrogens is 671 g/mol. The predicted molar refractivity (Wildman–Crippen MR) is 202 cm³/mol. The summed E-state index contributed by atoms with van der Waals surface area (Å²) in [5, 5.41) is 0. The van der Waals surface area contributed by atoms with Gasteiger partial charge in [-0.05, 0) is 128 Å². The zero-order chi connectivity index (χ0) is 36.6. The standard InChI is InChI=1S/C44H45FN2O6/c1-46-18-16-30-23-38(49-4)40-25-34(30)35(46)20-27-8-13-33(14-9-27)52-39-22-29(10-15-37(39)48-3)21-36-42-31(17-19-47(36)2)24-41(50-5)43(44(42)53-40)51-26-28-6-11-32(45)12-7-28/h6-15,22-25,35-36H,16-21,26H2,1-5H3/t35-,36-/m0/s1. The number of hydrogen-bond acceptors (Lipinski definition) is 8. The molecule has 5 aromatic carbocycles. The average molecular weight is 717 g/mol. The van der Waals surface area contributed by atoms with Crippen molar-refractivity contribution in [2.75, 3.05) is 48.5 Å². The number of rotatable bonds is 6. The van der Waals surface area contributed by atoms with E-state index in [-0.39, 0.29) is 24.5 Å². The Balaban J connectivity index is 1.34. The van der Waals surface area contributed by atoms with Gasteiger partial charge in [-0.25, -0.2) is 4.39 Å². The number of benzene rings is 5. The van der Waals surface area contributed by atoms with E-state index in [1.807, 2.05) is 18.2 Å². The predicted octanol–water partition coefficient (Wildman–Crippen LogP) is 8.87. The van der Waals surface area contributed by atoms with Crippen LogP contribution in [0.1, 0.15) is 51.0 Å². The van der Waals surface area contributed by atoms with Crippen LogP contribution in [0.5, 0.6) is 46.0 Å². The highest BCUT2D eigenvalue weighted by Gasteiger charge is 2.35. The molecule has 5 aromatic rings. The summed E-state index contributed by atoms with van der Waals surface area (Å²) >= 11 is 0. The molecule has 4 aliphatic rings. The normalized spacial score (nSPS) is 18.2. The molecule has 0 aliphatic carbocycles. The van der Waals surface area contributed by atoms with Gasteiger partial charge in [0.15, 0.2) is 34.5 Å². The van der Waals surface area contributed by atoms with E-state index in [9.17, 15) is 4.39 Å². The minimum absolute atomic E-state index is 0.0882. The number of fused-ring (bicyclic) bond motifs is 2. The van der Waals surface area contributed by atoms with E-state index in [1.54, 1.807) is 33.5 Å². The number of likely N-dealkylation sites (N-methyl/N-ethyl adjacent to an activating group) is 2. The Morgan fingerprint density at radius 3 is 2.04 bits per heavy atom. The van der Waals surface area contributed by atoms with Gasteiger partial charge in [0.05, 0.1) is 21.3 Å². The van der Waals surface area contributed by atoms with E-state index in [4.69, 9.17) is 28.4 Å². The van der Waals surface area contributed by atoms with Crippen molar-refractivity contribution in [2.24, 2.45) is 0 Å². The van der Waals surface area contributed by atoms with Gasteiger partial charge in [0.1, 0.15) is 18.2 Å². The molecule has 0 fully saturated rings. The maximum Gasteiger partial charge on any atom is 0.204 e. The van der Waals surface area contributed by atoms with E-state index in [1.165, 1.54) is 28.8 Å². The molecule has 2 atom stereocenters. The van der Waals surface area contributed by atoms with E-state index in [0.29, 0.717) is 46.7 Å². The fourth-order valence-electron chi connectivity index (χ4n) is 7.95. The minimum atomic E-state index is -0.298. The minimum Gasteiger partial charge on any atom is -0.493 e. The molecule has 0 aromatic heterocycles. The van der Waals surface area contributed by atoms with Gasteiger partial charge in [-0.15, -0.1) is 0 Å². The van der Waals surface area contributed by atoms with Crippen molar-refractivity contribution in [1.82, 2.24) is 9.80 Å². The summed E-state index contributed by atoms with van der Waals surface area (Å²) in [6, 6.07) is 27.2. The van der Waals surface area contributed by atoms with Gasteiger partial charge in [-0.3, -0.25) is 9.80 Å². The van der Waals surface area contributed by atoms with Gasteiger partial charge >= 0.3 is 0 Å². The molecule has 0 amide bonds. The highest BCUT2D eigenvalue weighted by Crippen LogP contribution is 2.52. The third-order valence-electron chi connectivity index (χ3n) is 10.9. The largest absolute Gasteiger partial charge is 0.493 e. The van der Waals surface area contributed by atoms with Gasteiger partial charge in [0.25, 0.3) is 0 Å². The number of nitrogens with zero attached hydrogens (tertiary/aromatic N) is 2. The molecule has 9 heteroatoms. The maximum atomic E-state index is 13.8. The molecular formula is C44H45FN2O6. The van der Waals surface area contributed by atoms with Crippen molar-refractivity contribution in [3.63, 3.8) is 0 Å². The first-order valence-electron chi connectivity index (χ1n) is 18.2. The Kier molecular flexibility index (Phi) is 9.62. The number of ether oxygens (including phenoxy) is 6. The second-order valence-corrected chi connectivity index (χ2v) is 14.2. The highest BCUT2D eigenvalue weighted by molar-refractivity contribution is 5.64. The Bertz CT molecular complexity index is 2120. The van der Waals surface area contributed by atoms with Crippen molar-refractivity contribution in [3.8, 4) is 46.0 Å². The Morgan fingerprint density at radius 2 is 1.30 bits per heavy atom. The van der Waals surface area contributed by atoms with Crippen LogP contribution < -0.4 is 28.4 Å². The zero-order valence-corrected chi connectivity index (χ0v) is 30.9. The van der Waals surface area contributed by atoms with Crippen LogP contribution in [0.15, 0.2) is 84.9 Å². The summed E-state index contributed by atoms with van der Waals surface area (Å²) in [5.74, 6) is 4.68. The van der Waals surface area contributed by atoms with E-state index in [2.05, 4.69) is 66.4 Å². The lowest BCUT2D eigenvalue weighted by Crippen LogP contribution is -2.34. The lowest BCUT2D eigenvalue weighted by Gasteiger charge is -2.37. The summed E-state index contributed by atoms with van der Waals surface area (Å²) in [7, 11) is 9.33. The lowest BCUT2D eigenvalue weighted by atomic mass is 9.87. The number of methoxy groups -OCH3 is 3. The third kappa shape index (κ3) is 6.87. The summed E-state index contributed by atoms with van der Waals surface area (Å²) in [6.07, 6.45) is 3.17. The SMILES string of the molecule is COc1ccc2cc1Oc1ccc(cc1)C[C@H]1c3cc(c(OC)cc3CCN1C)Oc1c(OCc3ccc(F)cc3)c(OC)cc3c1[C@H](C2)N(C)CC3. The van der Waals surface area contributed by atoms with Crippen LogP contribution in [-0.4, -0.2) is 58.3 Å². The van der Waals surface area contributed by atoms with Crippen LogP contribution in [0, 0.1) is 5.82 Å². The molecule has 0 N–H and O–H groups in total.